The van der Waals surface area contributed by atoms with E-state index in [1.807, 2.05) is 0 Å². The van der Waals surface area contributed by atoms with E-state index < -0.39 is 4.92 Å². The number of nitrogens with one attached hydrogen (secondary N) is 2. The third kappa shape index (κ3) is 5.05. The molecular formula is C13H20N3O3+. The van der Waals surface area contributed by atoms with Crippen molar-refractivity contribution in [3.8, 4) is 0 Å². The second kappa shape index (κ2) is 6.84. The molecule has 1 aromatic carbocycles. The average Bonchev–Trinajstić information content (AvgIpc) is 2.35. The van der Waals surface area contributed by atoms with Crippen LogP contribution in [0.25, 0.3) is 0 Å². The highest BCUT2D eigenvalue weighted by Crippen LogP contribution is 2.12. The standard InChI is InChI=1S/C13H19N3O3/c1-10(9-15(2)3)8-14-13(17)11-5-4-6-12(7-11)16(18)19/h4-7,10H,8-9H2,1-3H3,(H,14,17)/p+1/t10-/m0/s1. The maximum atomic E-state index is 11.9. The molecule has 0 radical (unpaired) electrons. The molecule has 0 bridgehead atoms. The normalized spacial score (nSPS) is 12.2. The van der Waals surface area contributed by atoms with Crippen molar-refractivity contribution >= 4 is 11.6 Å². The van der Waals surface area contributed by atoms with E-state index in [0.29, 0.717) is 18.0 Å². The van der Waals surface area contributed by atoms with Gasteiger partial charge in [-0.3, -0.25) is 14.9 Å². The Morgan fingerprint density at radius 1 is 1.47 bits per heavy atom. The fourth-order valence-corrected chi connectivity index (χ4v) is 1.90. The summed E-state index contributed by atoms with van der Waals surface area (Å²) in [6.45, 7) is 3.57. The fourth-order valence-electron chi connectivity index (χ4n) is 1.90. The van der Waals surface area contributed by atoms with Gasteiger partial charge in [0, 0.05) is 30.2 Å². The summed E-state index contributed by atoms with van der Waals surface area (Å²) in [7, 11) is 4.11. The molecule has 2 N–H and O–H groups in total. The van der Waals surface area contributed by atoms with Crippen LogP contribution in [0.1, 0.15) is 17.3 Å². The van der Waals surface area contributed by atoms with Gasteiger partial charge in [0.1, 0.15) is 0 Å². The Bertz CT molecular complexity index is 460. The van der Waals surface area contributed by atoms with Crippen molar-refractivity contribution in [3.63, 3.8) is 0 Å². The summed E-state index contributed by atoms with van der Waals surface area (Å²) in [6.07, 6.45) is 0. The van der Waals surface area contributed by atoms with Gasteiger partial charge in [-0.25, -0.2) is 0 Å². The van der Waals surface area contributed by atoms with Gasteiger partial charge in [0.25, 0.3) is 11.6 Å². The molecule has 0 saturated heterocycles. The summed E-state index contributed by atoms with van der Waals surface area (Å²) in [5.74, 6) is 0.0805. The van der Waals surface area contributed by atoms with E-state index in [2.05, 4.69) is 26.3 Å². The van der Waals surface area contributed by atoms with Crippen LogP contribution in [0.2, 0.25) is 0 Å². The first-order chi connectivity index (χ1) is 8.90. The predicted octanol–water partition coefficient (Wildman–Crippen LogP) is 0.105. The molecular weight excluding hydrogens is 246 g/mol. The van der Waals surface area contributed by atoms with Crippen LogP contribution in [0, 0.1) is 16.0 Å². The lowest BCUT2D eigenvalue weighted by Gasteiger charge is -2.15. The number of benzene rings is 1. The highest BCUT2D eigenvalue weighted by atomic mass is 16.6. The van der Waals surface area contributed by atoms with Crippen molar-refractivity contribution in [2.45, 2.75) is 6.92 Å². The molecule has 6 nitrogen and oxygen atoms in total. The van der Waals surface area contributed by atoms with Crippen molar-refractivity contribution in [2.24, 2.45) is 5.92 Å². The van der Waals surface area contributed by atoms with Gasteiger partial charge in [0.05, 0.1) is 25.6 Å². The minimum absolute atomic E-state index is 0.0709. The largest absolute Gasteiger partial charge is 0.352 e. The molecule has 104 valence electrons. The molecule has 0 spiro atoms. The van der Waals surface area contributed by atoms with Crippen LogP contribution in [0.4, 0.5) is 5.69 Å². The SMILES string of the molecule is C[C@@H](CNC(=O)c1cccc([N+](=O)[O-])c1)C[NH+](C)C. The van der Waals surface area contributed by atoms with Crippen LogP contribution >= 0.6 is 0 Å². The first kappa shape index (κ1) is 15.1. The monoisotopic (exact) mass is 266 g/mol. The second-order valence-corrected chi connectivity index (χ2v) is 5.03. The highest BCUT2D eigenvalue weighted by molar-refractivity contribution is 5.94. The summed E-state index contributed by atoms with van der Waals surface area (Å²) in [4.78, 5) is 23.3. The van der Waals surface area contributed by atoms with E-state index in [-0.39, 0.29) is 11.6 Å². The molecule has 0 aromatic heterocycles. The molecule has 1 atom stereocenters. The number of carbonyl (C=O) groups is 1. The number of carbonyl (C=O) groups excluding carboxylic acids is 1. The minimum Gasteiger partial charge on any atom is -0.352 e. The Kier molecular flexibility index (Phi) is 5.44. The molecule has 1 rings (SSSR count). The van der Waals surface area contributed by atoms with Gasteiger partial charge in [-0.1, -0.05) is 13.0 Å². The molecule has 19 heavy (non-hydrogen) atoms. The van der Waals surface area contributed by atoms with Gasteiger partial charge in [-0.15, -0.1) is 0 Å². The molecule has 0 aliphatic rings. The number of quaternary nitrogens is 1. The first-order valence-electron chi connectivity index (χ1n) is 6.22. The van der Waals surface area contributed by atoms with Gasteiger partial charge >= 0.3 is 0 Å². The molecule has 0 aliphatic heterocycles. The van der Waals surface area contributed by atoms with Crippen molar-refractivity contribution in [3.05, 3.63) is 39.9 Å². The molecule has 0 saturated carbocycles. The van der Waals surface area contributed by atoms with E-state index in [1.165, 1.54) is 23.1 Å². The van der Waals surface area contributed by atoms with E-state index in [4.69, 9.17) is 0 Å². The number of non-ortho nitro benzene ring substituents is 1. The van der Waals surface area contributed by atoms with Gasteiger partial charge in [-0.2, -0.15) is 0 Å². The maximum absolute atomic E-state index is 11.9. The number of hydrogen-bond donors (Lipinski definition) is 2. The zero-order valence-electron chi connectivity index (χ0n) is 11.5. The van der Waals surface area contributed by atoms with E-state index >= 15 is 0 Å². The second-order valence-electron chi connectivity index (χ2n) is 5.03. The summed E-state index contributed by atoms with van der Waals surface area (Å²) in [6, 6.07) is 5.75. The van der Waals surface area contributed by atoms with Crippen LogP contribution in [0.15, 0.2) is 24.3 Å². The Morgan fingerprint density at radius 2 is 2.16 bits per heavy atom. The summed E-state index contributed by atoms with van der Waals surface area (Å²) < 4.78 is 0. The Balaban J connectivity index is 2.58. The summed E-state index contributed by atoms with van der Waals surface area (Å²) in [5, 5.41) is 13.4. The number of amides is 1. The number of hydrogen-bond acceptors (Lipinski definition) is 3. The topological polar surface area (TPSA) is 76.7 Å². The third-order valence-corrected chi connectivity index (χ3v) is 2.69. The van der Waals surface area contributed by atoms with E-state index in [0.717, 1.165) is 6.54 Å². The third-order valence-electron chi connectivity index (χ3n) is 2.69. The van der Waals surface area contributed by atoms with Gasteiger partial charge in [0.2, 0.25) is 0 Å². The first-order valence-corrected chi connectivity index (χ1v) is 6.22. The molecule has 0 heterocycles. The van der Waals surface area contributed by atoms with Crippen molar-refractivity contribution < 1.29 is 14.6 Å². The maximum Gasteiger partial charge on any atom is 0.270 e. The molecule has 1 amide bonds. The van der Waals surface area contributed by atoms with Crippen LogP contribution in [0.5, 0.6) is 0 Å². The Labute approximate surface area is 112 Å². The predicted molar refractivity (Wildman–Crippen MR) is 72.3 cm³/mol. The lowest BCUT2D eigenvalue weighted by Crippen LogP contribution is -3.06. The average molecular weight is 266 g/mol. The lowest BCUT2D eigenvalue weighted by atomic mass is 10.1. The number of nitro groups is 1. The van der Waals surface area contributed by atoms with Crippen molar-refractivity contribution in [1.29, 1.82) is 0 Å². The van der Waals surface area contributed by atoms with Crippen molar-refractivity contribution in [1.82, 2.24) is 5.32 Å². The molecule has 6 heteroatoms. The van der Waals surface area contributed by atoms with E-state index in [9.17, 15) is 14.9 Å². The Morgan fingerprint density at radius 3 is 2.74 bits per heavy atom. The van der Waals surface area contributed by atoms with Gasteiger partial charge in [0.15, 0.2) is 0 Å². The van der Waals surface area contributed by atoms with Crippen LogP contribution < -0.4 is 10.2 Å². The number of rotatable bonds is 6. The highest BCUT2D eigenvalue weighted by Gasteiger charge is 2.13. The Hall–Kier alpha value is -1.95. The smallest absolute Gasteiger partial charge is 0.270 e. The zero-order valence-corrected chi connectivity index (χ0v) is 11.5. The number of nitrogens with zero attached hydrogens (tertiary/aromatic N) is 1. The fraction of sp³-hybridized carbons (Fsp3) is 0.462. The summed E-state index contributed by atoms with van der Waals surface area (Å²) in [5.41, 5.74) is 0.247. The quantitative estimate of drug-likeness (QED) is 0.566. The van der Waals surface area contributed by atoms with Crippen LogP contribution in [0.3, 0.4) is 0 Å². The molecule has 0 unspecified atom stereocenters. The molecule has 1 aromatic rings. The molecule has 0 fully saturated rings. The van der Waals surface area contributed by atoms with Gasteiger partial charge < -0.3 is 10.2 Å². The van der Waals surface area contributed by atoms with Crippen molar-refractivity contribution in [2.75, 3.05) is 27.2 Å². The van der Waals surface area contributed by atoms with Gasteiger partial charge in [-0.05, 0) is 6.07 Å². The zero-order chi connectivity index (χ0) is 14.4. The minimum atomic E-state index is -0.505. The summed E-state index contributed by atoms with van der Waals surface area (Å²) >= 11 is 0. The van der Waals surface area contributed by atoms with Crippen LogP contribution in [-0.4, -0.2) is 38.0 Å². The van der Waals surface area contributed by atoms with E-state index in [1.54, 1.807) is 6.07 Å². The number of nitro benzene ring substituents is 1. The molecule has 0 aliphatic carbocycles. The lowest BCUT2D eigenvalue weighted by molar-refractivity contribution is -0.861. The van der Waals surface area contributed by atoms with Crippen LogP contribution in [-0.2, 0) is 0 Å².